The molecular formula is C14H20O3. The maximum atomic E-state index is 11.8. The third-order valence-electron chi connectivity index (χ3n) is 5.38. The summed E-state index contributed by atoms with van der Waals surface area (Å²) in [5.74, 6) is 1.77. The van der Waals surface area contributed by atoms with Gasteiger partial charge in [0.05, 0.1) is 11.8 Å². The molecular weight excluding hydrogens is 216 g/mol. The molecule has 1 saturated heterocycles. The van der Waals surface area contributed by atoms with Gasteiger partial charge in [-0.15, -0.1) is 0 Å². The van der Waals surface area contributed by atoms with E-state index in [0.29, 0.717) is 29.6 Å². The van der Waals surface area contributed by atoms with Gasteiger partial charge < -0.3 is 4.74 Å². The molecule has 0 aromatic rings. The fourth-order valence-corrected chi connectivity index (χ4v) is 4.59. The topological polar surface area (TPSA) is 43.4 Å². The van der Waals surface area contributed by atoms with E-state index in [9.17, 15) is 9.59 Å². The van der Waals surface area contributed by atoms with Crippen LogP contribution in [0.4, 0.5) is 0 Å². The minimum atomic E-state index is -0.247. The maximum absolute atomic E-state index is 11.8. The zero-order valence-electron chi connectivity index (χ0n) is 10.7. The molecule has 4 fully saturated rings. The van der Waals surface area contributed by atoms with Crippen molar-refractivity contribution >= 4 is 11.9 Å². The molecule has 3 nitrogen and oxygen atoms in total. The lowest BCUT2D eigenvalue weighted by atomic mass is 9.50. The Morgan fingerprint density at radius 1 is 1.06 bits per heavy atom. The number of hydrogen-bond acceptors (Lipinski definition) is 3. The minimum Gasteiger partial charge on any atom is -0.393 e. The highest BCUT2D eigenvalue weighted by atomic mass is 16.6. The summed E-state index contributed by atoms with van der Waals surface area (Å²) in [4.78, 5) is 23.6. The Bertz CT molecular complexity index is 374. The van der Waals surface area contributed by atoms with Crippen LogP contribution in [0.25, 0.3) is 0 Å². The lowest BCUT2D eigenvalue weighted by molar-refractivity contribution is -0.154. The summed E-state index contributed by atoms with van der Waals surface area (Å²) >= 11 is 0. The lowest BCUT2D eigenvalue weighted by Crippen LogP contribution is -2.51. The number of carbonyl (C=O) groups is 2. The highest BCUT2D eigenvalue weighted by Gasteiger charge is 2.61. The molecule has 94 valence electrons. The van der Waals surface area contributed by atoms with Gasteiger partial charge in [0.2, 0.25) is 0 Å². The molecule has 0 N–H and O–H groups in total. The molecule has 1 heterocycles. The van der Waals surface area contributed by atoms with Crippen LogP contribution in [-0.4, -0.2) is 11.9 Å². The molecule has 6 atom stereocenters. The number of cyclic esters (lactones) is 2. The molecule has 0 spiro atoms. The van der Waals surface area contributed by atoms with Crippen molar-refractivity contribution in [2.24, 2.45) is 41.4 Å². The first-order valence-corrected chi connectivity index (χ1v) is 6.76. The van der Waals surface area contributed by atoms with Crippen molar-refractivity contribution in [1.29, 1.82) is 0 Å². The molecule has 0 radical (unpaired) electrons. The van der Waals surface area contributed by atoms with Crippen molar-refractivity contribution in [3.63, 3.8) is 0 Å². The quantitative estimate of drug-likeness (QED) is 0.518. The highest BCUT2D eigenvalue weighted by molar-refractivity contribution is 5.97. The average molecular weight is 236 g/mol. The minimum absolute atomic E-state index is 0.119. The number of hydrogen-bond donors (Lipinski definition) is 0. The fraction of sp³-hybridized carbons (Fsp3) is 0.857. The molecule has 0 aromatic heterocycles. The normalized spacial score (nSPS) is 48.5. The van der Waals surface area contributed by atoms with Gasteiger partial charge in [-0.05, 0) is 42.4 Å². The van der Waals surface area contributed by atoms with E-state index in [1.807, 2.05) is 0 Å². The monoisotopic (exact) mass is 236 g/mol. The molecule has 4 rings (SSSR count). The van der Waals surface area contributed by atoms with Gasteiger partial charge in [0.25, 0.3) is 0 Å². The summed E-state index contributed by atoms with van der Waals surface area (Å²) in [6.07, 6.45) is 2.20. The van der Waals surface area contributed by atoms with E-state index in [2.05, 4.69) is 20.8 Å². The molecule has 2 bridgehead atoms. The Morgan fingerprint density at radius 3 is 2.24 bits per heavy atom. The van der Waals surface area contributed by atoms with Crippen molar-refractivity contribution in [2.75, 3.05) is 0 Å². The van der Waals surface area contributed by atoms with Crippen molar-refractivity contribution in [1.82, 2.24) is 0 Å². The van der Waals surface area contributed by atoms with Gasteiger partial charge in [0.1, 0.15) is 0 Å². The smallest absolute Gasteiger partial charge is 0.317 e. The zero-order chi connectivity index (χ0) is 12.3. The number of carbonyl (C=O) groups excluding carboxylic acids is 2. The predicted octanol–water partition coefficient (Wildman–Crippen LogP) is 2.25. The summed E-state index contributed by atoms with van der Waals surface area (Å²) < 4.78 is 4.89. The average Bonchev–Trinajstić information content (AvgIpc) is 2.56. The molecule has 3 saturated carbocycles. The van der Waals surface area contributed by atoms with E-state index in [0.717, 1.165) is 12.8 Å². The predicted molar refractivity (Wildman–Crippen MR) is 61.8 cm³/mol. The molecule has 4 aliphatic rings. The van der Waals surface area contributed by atoms with E-state index in [1.165, 1.54) is 0 Å². The molecule has 0 amide bonds. The highest BCUT2D eigenvalue weighted by Crippen LogP contribution is 2.58. The third-order valence-corrected chi connectivity index (χ3v) is 5.38. The summed E-state index contributed by atoms with van der Waals surface area (Å²) in [6.45, 7) is 6.68. The molecule has 3 heteroatoms. The molecule has 3 aliphatic carbocycles. The van der Waals surface area contributed by atoms with Gasteiger partial charge in [-0.25, -0.2) is 0 Å². The first kappa shape index (κ1) is 11.2. The largest absolute Gasteiger partial charge is 0.393 e. The van der Waals surface area contributed by atoms with Crippen LogP contribution in [0.1, 0.15) is 33.6 Å². The first-order chi connectivity index (χ1) is 8.00. The van der Waals surface area contributed by atoms with E-state index in [4.69, 9.17) is 4.74 Å². The number of ether oxygens (including phenoxy) is 1. The Labute approximate surface area is 102 Å². The maximum Gasteiger partial charge on any atom is 0.317 e. The van der Waals surface area contributed by atoms with Crippen LogP contribution in [-0.2, 0) is 14.3 Å². The lowest BCUT2D eigenvalue weighted by Gasteiger charge is -2.52. The van der Waals surface area contributed by atoms with E-state index < -0.39 is 0 Å². The second-order valence-corrected chi connectivity index (χ2v) is 6.48. The van der Waals surface area contributed by atoms with Crippen LogP contribution in [0, 0.1) is 41.4 Å². The molecule has 17 heavy (non-hydrogen) atoms. The Morgan fingerprint density at radius 2 is 1.65 bits per heavy atom. The number of fused-ring (bicyclic) bond motifs is 2. The van der Waals surface area contributed by atoms with Crippen LogP contribution in [0.5, 0.6) is 0 Å². The number of rotatable bonds is 1. The SMILES string of the molecule is CC(C)C1CC2C(C)C[C@@H]1C1C(=O)OC(=O)[C@@H]21. The van der Waals surface area contributed by atoms with Crippen LogP contribution >= 0.6 is 0 Å². The van der Waals surface area contributed by atoms with Crippen LogP contribution in [0.2, 0.25) is 0 Å². The van der Waals surface area contributed by atoms with Crippen molar-refractivity contribution in [3.05, 3.63) is 0 Å². The van der Waals surface area contributed by atoms with Gasteiger partial charge in [0, 0.05) is 0 Å². The van der Waals surface area contributed by atoms with Gasteiger partial charge in [0.15, 0.2) is 0 Å². The molecule has 4 unspecified atom stereocenters. The summed E-state index contributed by atoms with van der Waals surface area (Å²) in [5.41, 5.74) is 0. The second-order valence-electron chi connectivity index (χ2n) is 6.48. The van der Waals surface area contributed by atoms with E-state index in [-0.39, 0.29) is 23.8 Å². The van der Waals surface area contributed by atoms with Crippen molar-refractivity contribution < 1.29 is 14.3 Å². The van der Waals surface area contributed by atoms with E-state index >= 15 is 0 Å². The van der Waals surface area contributed by atoms with Gasteiger partial charge >= 0.3 is 11.9 Å². The summed E-state index contributed by atoms with van der Waals surface area (Å²) in [7, 11) is 0. The molecule has 0 aromatic carbocycles. The van der Waals surface area contributed by atoms with Gasteiger partial charge in [-0.3, -0.25) is 9.59 Å². The Hall–Kier alpha value is -0.860. The van der Waals surface area contributed by atoms with Crippen molar-refractivity contribution in [2.45, 2.75) is 33.6 Å². The van der Waals surface area contributed by atoms with Crippen LogP contribution < -0.4 is 0 Å². The fourth-order valence-electron chi connectivity index (χ4n) is 4.59. The second kappa shape index (κ2) is 3.56. The number of esters is 2. The van der Waals surface area contributed by atoms with E-state index in [1.54, 1.807) is 0 Å². The third kappa shape index (κ3) is 1.40. The van der Waals surface area contributed by atoms with Crippen molar-refractivity contribution in [3.8, 4) is 0 Å². The Balaban J connectivity index is 1.98. The standard InChI is InChI=1S/C14H20O3/c1-6(2)8-5-9-7(3)4-10(8)12-11(9)13(15)17-14(12)16/h6-12H,4-5H2,1-3H3/t7?,8?,9?,10-,11-,12?/m0/s1. The van der Waals surface area contributed by atoms with Gasteiger partial charge in [-0.1, -0.05) is 20.8 Å². The summed E-state index contributed by atoms with van der Waals surface area (Å²) in [6, 6.07) is 0. The van der Waals surface area contributed by atoms with Crippen LogP contribution in [0.3, 0.4) is 0 Å². The zero-order valence-corrected chi connectivity index (χ0v) is 10.7. The van der Waals surface area contributed by atoms with Crippen LogP contribution in [0.15, 0.2) is 0 Å². The summed E-state index contributed by atoms with van der Waals surface area (Å²) in [5, 5.41) is 0. The molecule has 1 aliphatic heterocycles. The Kier molecular flexibility index (Phi) is 2.36. The first-order valence-electron chi connectivity index (χ1n) is 6.76. The van der Waals surface area contributed by atoms with Gasteiger partial charge in [-0.2, -0.15) is 0 Å².